The fourth-order valence-corrected chi connectivity index (χ4v) is 6.65. The first-order valence-corrected chi connectivity index (χ1v) is 18.3. The number of carboxylic acids is 2. The van der Waals surface area contributed by atoms with Crippen molar-refractivity contribution in [2.75, 3.05) is 0 Å². The molecule has 0 heterocycles. The molecule has 2 aliphatic carbocycles. The van der Waals surface area contributed by atoms with Gasteiger partial charge in [0.05, 0.1) is 24.1 Å². The van der Waals surface area contributed by atoms with Gasteiger partial charge in [0.1, 0.15) is 17.5 Å². The van der Waals surface area contributed by atoms with E-state index in [1.807, 2.05) is 13.8 Å². The van der Waals surface area contributed by atoms with Crippen LogP contribution in [0.15, 0.2) is 72.3 Å². The Kier molecular flexibility index (Phi) is 21.6. The zero-order chi connectivity index (χ0) is 38.7. The summed E-state index contributed by atoms with van der Waals surface area (Å²) in [6.07, 6.45) is 6.75. The van der Waals surface area contributed by atoms with Crippen LogP contribution in [-0.2, 0) is 19.1 Å². The fourth-order valence-electron chi connectivity index (χ4n) is 6.52. The molecule has 284 valence electrons. The maximum Gasteiger partial charge on any atom is 1.00 e. The third-order valence-electron chi connectivity index (χ3n) is 9.74. The zero-order valence-corrected chi connectivity index (χ0v) is 37.5. The minimum atomic E-state index is -1.44. The molecule has 0 unspecified atom stereocenters. The number of carbonyl (C=O) groups is 4. The summed E-state index contributed by atoms with van der Waals surface area (Å²) < 4.78 is 11.3. The van der Waals surface area contributed by atoms with E-state index in [9.17, 15) is 39.6 Å². The Bertz CT molecular complexity index is 1590. The van der Waals surface area contributed by atoms with E-state index in [1.165, 1.54) is 19.4 Å². The van der Waals surface area contributed by atoms with Gasteiger partial charge < -0.3 is 39.5 Å². The van der Waals surface area contributed by atoms with Crippen LogP contribution in [0, 0.1) is 29.6 Å². The number of hydrogen-bond donors (Lipinski definition) is 2. The SMILES string of the molecule is CC(C)(Oc1ccc(C(=O)c2ccc(Cl)cc2)cc1)C(=O)[O-].CC[C@H](C)C(=O)O[C@H]1C[C@@H](C)C=C2C=C[C@H](C)[C@H](CC[C@@H](O)C[C@@H](O)CC(=O)[O-])[C@H]21.[Na+].[Na+]. The van der Waals surface area contributed by atoms with Crippen LogP contribution in [0.25, 0.3) is 0 Å². The molecule has 0 fully saturated rings. The molecule has 2 N–H and O–H groups in total. The van der Waals surface area contributed by atoms with Gasteiger partial charge in [-0.25, -0.2) is 0 Å². The van der Waals surface area contributed by atoms with Gasteiger partial charge in [0.15, 0.2) is 5.78 Å². The molecule has 13 heteroatoms. The number of ether oxygens (including phenoxy) is 2. The van der Waals surface area contributed by atoms with Gasteiger partial charge in [-0.1, -0.05) is 57.5 Å². The van der Waals surface area contributed by atoms with Crippen molar-refractivity contribution < 1.29 is 108 Å². The third kappa shape index (κ3) is 15.2. The molecule has 4 rings (SSSR count). The maximum absolute atomic E-state index is 12.5. The van der Waals surface area contributed by atoms with Crippen molar-refractivity contribution in [3.8, 4) is 5.75 Å². The van der Waals surface area contributed by atoms with E-state index in [4.69, 9.17) is 21.1 Å². The number of ketones is 1. The molecule has 0 amide bonds. The second-order valence-electron chi connectivity index (χ2n) is 14.5. The molecule has 54 heavy (non-hydrogen) atoms. The number of benzene rings is 2. The largest absolute Gasteiger partial charge is 1.00 e. The molecule has 8 atom stereocenters. The molecule has 0 aliphatic heterocycles. The first-order valence-electron chi connectivity index (χ1n) is 17.9. The van der Waals surface area contributed by atoms with Gasteiger partial charge in [0.25, 0.3) is 0 Å². The number of allylic oxidation sites excluding steroid dienone is 3. The molecule has 10 nitrogen and oxygen atoms in total. The van der Waals surface area contributed by atoms with E-state index in [2.05, 4.69) is 32.1 Å². The van der Waals surface area contributed by atoms with E-state index in [-0.39, 0.29) is 107 Å². The Hall–Kier alpha value is -1.99. The number of aliphatic carboxylic acids is 2. The van der Waals surface area contributed by atoms with Gasteiger partial charge in [-0.05, 0) is 118 Å². The van der Waals surface area contributed by atoms with E-state index in [0.29, 0.717) is 40.7 Å². The summed E-state index contributed by atoms with van der Waals surface area (Å²) in [5.74, 6) is -1.82. The fraction of sp³-hybridized carbons (Fsp3) is 0.512. The first-order chi connectivity index (χ1) is 24.4. The van der Waals surface area contributed by atoms with Gasteiger partial charge in [0, 0.05) is 34.5 Å². The van der Waals surface area contributed by atoms with Crippen LogP contribution >= 0.6 is 11.6 Å². The van der Waals surface area contributed by atoms with Crippen LogP contribution in [-0.4, -0.2) is 57.8 Å². The van der Waals surface area contributed by atoms with E-state index >= 15 is 0 Å². The minimum Gasteiger partial charge on any atom is -0.550 e. The van der Waals surface area contributed by atoms with Gasteiger partial charge in [-0.15, -0.1) is 0 Å². The summed E-state index contributed by atoms with van der Waals surface area (Å²) in [7, 11) is 0. The topological polar surface area (TPSA) is 173 Å². The molecule has 0 radical (unpaired) electrons. The Balaban J connectivity index is 0.000000543. The van der Waals surface area contributed by atoms with Crippen molar-refractivity contribution in [2.45, 2.75) is 104 Å². The van der Waals surface area contributed by atoms with Gasteiger partial charge in [0.2, 0.25) is 0 Å². The van der Waals surface area contributed by atoms with E-state index in [0.717, 1.165) is 12.8 Å². The average molecular weight is 785 g/mol. The smallest absolute Gasteiger partial charge is 0.550 e. The van der Waals surface area contributed by atoms with Gasteiger partial charge >= 0.3 is 65.1 Å². The van der Waals surface area contributed by atoms with Crippen molar-refractivity contribution in [3.63, 3.8) is 0 Å². The van der Waals surface area contributed by atoms with Crippen LogP contribution < -0.4 is 74.1 Å². The number of rotatable bonds is 15. The normalized spacial score (nSPS) is 21.9. The minimum absolute atomic E-state index is 0. The predicted octanol–water partition coefficient (Wildman–Crippen LogP) is -1.13. The number of carbonyl (C=O) groups excluding carboxylic acids is 4. The summed E-state index contributed by atoms with van der Waals surface area (Å²) >= 11 is 5.79. The third-order valence-corrected chi connectivity index (χ3v) is 10.00. The van der Waals surface area contributed by atoms with Crippen molar-refractivity contribution in [1.29, 1.82) is 0 Å². The zero-order valence-electron chi connectivity index (χ0n) is 32.8. The van der Waals surface area contributed by atoms with Crippen LogP contribution in [0.5, 0.6) is 5.75 Å². The molecule has 2 aromatic carbocycles. The number of hydrogen-bond acceptors (Lipinski definition) is 10. The number of aliphatic hydroxyl groups excluding tert-OH is 2. The molecule has 0 bridgehead atoms. The van der Waals surface area contributed by atoms with Crippen molar-refractivity contribution in [3.05, 3.63) is 88.5 Å². The van der Waals surface area contributed by atoms with Crippen LogP contribution in [0.3, 0.4) is 0 Å². The first kappa shape index (κ1) is 50.0. The van der Waals surface area contributed by atoms with Crippen molar-refractivity contribution in [1.82, 2.24) is 0 Å². The predicted molar refractivity (Wildman–Crippen MR) is 193 cm³/mol. The van der Waals surface area contributed by atoms with Crippen molar-refractivity contribution >= 4 is 35.3 Å². The molecule has 0 spiro atoms. The number of aliphatic hydroxyl groups is 2. The number of halogens is 1. The van der Waals surface area contributed by atoms with Crippen molar-refractivity contribution in [2.24, 2.45) is 29.6 Å². The quantitative estimate of drug-likeness (QED) is 0.128. The Morgan fingerprint density at radius 1 is 0.944 bits per heavy atom. The summed E-state index contributed by atoms with van der Waals surface area (Å²) in [5, 5.41) is 42.1. The van der Waals surface area contributed by atoms with E-state index in [1.54, 1.807) is 48.5 Å². The Morgan fingerprint density at radius 3 is 2.06 bits per heavy atom. The molecular weight excluding hydrogens is 734 g/mol. The number of fused-ring (bicyclic) bond motifs is 1. The molecular formula is C41H51ClNa2O10. The maximum atomic E-state index is 12.5. The van der Waals surface area contributed by atoms with Crippen LogP contribution in [0.1, 0.15) is 96.0 Å². The van der Waals surface area contributed by atoms with Crippen LogP contribution in [0.4, 0.5) is 0 Å². The Morgan fingerprint density at radius 2 is 1.52 bits per heavy atom. The van der Waals surface area contributed by atoms with Gasteiger partial charge in [-0.2, -0.15) is 0 Å². The standard InChI is InChI=1S/C24H38O6.C17H15ClO4.2Na/c1-5-15(3)24(29)30-21-11-14(2)10-17-7-6-16(4)20(23(17)21)9-8-18(25)12-19(26)13-22(27)28;1-17(2,16(20)21)22-14-9-5-12(6-10-14)15(19)11-3-7-13(18)8-4-11;;/h6-7,10,14-16,18-21,23,25-26H,5,8-9,11-13H2,1-4H3,(H,27,28);3-10H,1-2H3,(H,20,21);;/q;;2*+1/p-2/t14-,15-,16-,18+,19+,20-,21-,23-;;;/m0.../s1. The molecule has 0 saturated heterocycles. The number of carboxylic acid groups (broad SMARTS) is 2. The van der Waals surface area contributed by atoms with Gasteiger partial charge in [-0.3, -0.25) is 9.59 Å². The van der Waals surface area contributed by atoms with E-state index < -0.39 is 36.2 Å². The molecule has 0 saturated carbocycles. The monoisotopic (exact) mass is 784 g/mol. The average Bonchev–Trinajstić information content (AvgIpc) is 3.07. The number of esters is 1. The summed E-state index contributed by atoms with van der Waals surface area (Å²) in [6.45, 7) is 10.9. The second-order valence-corrected chi connectivity index (χ2v) is 15.0. The molecule has 0 aromatic heterocycles. The second kappa shape index (κ2) is 23.3. The molecule has 2 aliphatic rings. The summed E-state index contributed by atoms with van der Waals surface area (Å²) in [5.41, 5.74) is 0.751. The Labute approximate surface area is 368 Å². The molecule has 2 aromatic rings. The summed E-state index contributed by atoms with van der Waals surface area (Å²) in [4.78, 5) is 46.3. The summed E-state index contributed by atoms with van der Waals surface area (Å²) in [6, 6.07) is 12.9. The van der Waals surface area contributed by atoms with Crippen LogP contribution in [0.2, 0.25) is 5.02 Å².